The predicted octanol–water partition coefficient (Wildman–Crippen LogP) is 3.40. The van der Waals surface area contributed by atoms with E-state index in [0.29, 0.717) is 24.0 Å². The van der Waals surface area contributed by atoms with Crippen LogP contribution in [0.25, 0.3) is 0 Å². The number of methoxy groups -OCH3 is 1. The van der Waals surface area contributed by atoms with E-state index in [1.807, 2.05) is 42.1 Å². The maximum atomic E-state index is 13.2. The van der Waals surface area contributed by atoms with E-state index in [9.17, 15) is 9.59 Å². The molecule has 0 N–H and O–H groups in total. The van der Waals surface area contributed by atoms with Gasteiger partial charge < -0.3 is 14.5 Å². The number of hydrogen-bond acceptors (Lipinski definition) is 4. The molecule has 174 valence electrons. The highest BCUT2D eigenvalue weighted by Crippen LogP contribution is 2.28. The van der Waals surface area contributed by atoms with E-state index in [0.717, 1.165) is 43.7 Å². The summed E-state index contributed by atoms with van der Waals surface area (Å²) in [6, 6.07) is 9.80. The maximum absolute atomic E-state index is 13.2. The van der Waals surface area contributed by atoms with Crippen molar-refractivity contribution in [2.75, 3.05) is 27.2 Å². The zero-order chi connectivity index (χ0) is 23.3. The predicted molar refractivity (Wildman–Crippen MR) is 125 cm³/mol. The Balaban J connectivity index is 1.77. The first-order chi connectivity index (χ1) is 15.3. The second-order valence-electron chi connectivity index (χ2n) is 9.23. The molecular formula is C25H36N4O3. The van der Waals surface area contributed by atoms with Gasteiger partial charge in [0.1, 0.15) is 11.4 Å². The number of hydrogen-bond donors (Lipinski definition) is 0. The highest BCUT2D eigenvalue weighted by Gasteiger charge is 2.33. The van der Waals surface area contributed by atoms with E-state index in [-0.39, 0.29) is 17.9 Å². The molecule has 0 radical (unpaired) electrons. The number of piperidine rings is 1. The standard InChI is InChI=1S/C25H36N4O3/c1-18(2)15-24(30)29-13-9-20(10-14-29)23(17-19-7-6-8-21(16-19)32-5)28(4)25(31)22-11-12-27(3)26-22/h6-8,11-12,16,18,20,23H,9-10,13-15,17H2,1-5H3. The quantitative estimate of drug-likeness (QED) is 0.631. The second kappa shape index (κ2) is 10.7. The molecule has 0 spiro atoms. The molecule has 2 aromatic rings. The van der Waals surface area contributed by atoms with Crippen molar-refractivity contribution in [2.24, 2.45) is 18.9 Å². The number of rotatable bonds is 8. The minimum Gasteiger partial charge on any atom is -0.497 e. The lowest BCUT2D eigenvalue weighted by Gasteiger charge is -2.40. The average molecular weight is 441 g/mol. The van der Waals surface area contributed by atoms with Crippen molar-refractivity contribution in [1.29, 1.82) is 0 Å². The number of aromatic nitrogens is 2. The molecule has 1 saturated heterocycles. The van der Waals surface area contributed by atoms with E-state index in [2.05, 4.69) is 25.0 Å². The molecule has 2 heterocycles. The summed E-state index contributed by atoms with van der Waals surface area (Å²) in [7, 11) is 5.35. The third-order valence-electron chi connectivity index (χ3n) is 6.35. The summed E-state index contributed by atoms with van der Waals surface area (Å²) in [5.74, 6) is 1.65. The lowest BCUT2D eigenvalue weighted by molar-refractivity contribution is -0.133. The van der Waals surface area contributed by atoms with Gasteiger partial charge in [0.15, 0.2) is 0 Å². The SMILES string of the molecule is COc1cccc(CC(C2CCN(C(=O)CC(C)C)CC2)N(C)C(=O)c2ccn(C)n2)c1. The molecule has 32 heavy (non-hydrogen) atoms. The molecule has 1 unspecified atom stereocenters. The Hall–Kier alpha value is -2.83. The summed E-state index contributed by atoms with van der Waals surface area (Å²) in [5.41, 5.74) is 1.59. The Kier molecular flexibility index (Phi) is 7.94. The Morgan fingerprint density at radius 1 is 1.22 bits per heavy atom. The smallest absolute Gasteiger partial charge is 0.274 e. The van der Waals surface area contributed by atoms with Crippen molar-refractivity contribution in [3.05, 3.63) is 47.8 Å². The topological polar surface area (TPSA) is 67.7 Å². The van der Waals surface area contributed by atoms with Gasteiger partial charge in [0.05, 0.1) is 7.11 Å². The van der Waals surface area contributed by atoms with Crippen LogP contribution >= 0.6 is 0 Å². The van der Waals surface area contributed by atoms with Gasteiger partial charge in [-0.15, -0.1) is 0 Å². The number of aryl methyl sites for hydroxylation is 1. The number of carbonyl (C=O) groups excluding carboxylic acids is 2. The van der Waals surface area contributed by atoms with Crippen molar-refractivity contribution < 1.29 is 14.3 Å². The molecule has 2 amide bonds. The fourth-order valence-electron chi connectivity index (χ4n) is 4.53. The fourth-order valence-corrected chi connectivity index (χ4v) is 4.53. The number of ether oxygens (including phenoxy) is 1. The minimum absolute atomic E-state index is 0.0129. The number of nitrogens with zero attached hydrogens (tertiary/aromatic N) is 4. The van der Waals surface area contributed by atoms with E-state index in [4.69, 9.17) is 4.74 Å². The Bertz CT molecular complexity index is 915. The van der Waals surface area contributed by atoms with Crippen molar-refractivity contribution >= 4 is 11.8 Å². The molecule has 0 bridgehead atoms. The minimum atomic E-state index is -0.0724. The van der Waals surface area contributed by atoms with Crippen LogP contribution in [0.5, 0.6) is 5.75 Å². The lowest BCUT2D eigenvalue weighted by atomic mass is 9.84. The first-order valence-corrected chi connectivity index (χ1v) is 11.5. The summed E-state index contributed by atoms with van der Waals surface area (Å²) in [5, 5.41) is 4.31. The summed E-state index contributed by atoms with van der Waals surface area (Å²) in [6.45, 7) is 5.65. The number of amides is 2. The van der Waals surface area contributed by atoms with Gasteiger partial charge in [0, 0.05) is 45.8 Å². The molecule has 1 aliphatic heterocycles. The third-order valence-corrected chi connectivity index (χ3v) is 6.35. The zero-order valence-corrected chi connectivity index (χ0v) is 20.0. The monoisotopic (exact) mass is 440 g/mol. The van der Waals surface area contributed by atoms with Gasteiger partial charge in [0.2, 0.25) is 5.91 Å². The van der Waals surface area contributed by atoms with Crippen LogP contribution < -0.4 is 4.74 Å². The molecule has 7 heteroatoms. The molecule has 1 aromatic heterocycles. The van der Waals surface area contributed by atoms with E-state index >= 15 is 0 Å². The molecule has 1 aromatic carbocycles. The van der Waals surface area contributed by atoms with Crippen LogP contribution in [0.4, 0.5) is 0 Å². The Labute approximate surface area is 191 Å². The highest BCUT2D eigenvalue weighted by molar-refractivity contribution is 5.92. The van der Waals surface area contributed by atoms with Gasteiger partial charge in [-0.05, 0) is 54.9 Å². The number of likely N-dealkylation sites (tertiary alicyclic amines) is 1. The summed E-state index contributed by atoms with van der Waals surface area (Å²) in [6.07, 6.45) is 4.89. The summed E-state index contributed by atoms with van der Waals surface area (Å²) < 4.78 is 7.05. The normalized spacial score (nSPS) is 15.6. The summed E-state index contributed by atoms with van der Waals surface area (Å²) >= 11 is 0. The molecule has 0 aliphatic carbocycles. The van der Waals surface area contributed by atoms with E-state index in [1.165, 1.54) is 0 Å². The van der Waals surface area contributed by atoms with E-state index in [1.54, 1.807) is 24.1 Å². The molecule has 1 aliphatic rings. The average Bonchev–Trinajstić information content (AvgIpc) is 3.22. The number of likely N-dealkylation sites (N-methyl/N-ethyl adjacent to an activating group) is 1. The van der Waals surface area contributed by atoms with Crippen molar-refractivity contribution in [3.8, 4) is 5.75 Å². The van der Waals surface area contributed by atoms with Gasteiger partial charge in [-0.2, -0.15) is 5.10 Å². The van der Waals surface area contributed by atoms with Crippen LogP contribution in [0, 0.1) is 11.8 Å². The zero-order valence-electron chi connectivity index (χ0n) is 20.0. The van der Waals surface area contributed by atoms with Crippen LogP contribution in [0.15, 0.2) is 36.5 Å². The van der Waals surface area contributed by atoms with Crippen LogP contribution in [0.1, 0.15) is 49.2 Å². The maximum Gasteiger partial charge on any atom is 0.274 e. The van der Waals surface area contributed by atoms with Crippen LogP contribution in [0.2, 0.25) is 0 Å². The van der Waals surface area contributed by atoms with Crippen LogP contribution in [-0.4, -0.2) is 64.7 Å². The fraction of sp³-hybridized carbons (Fsp3) is 0.560. The molecular weight excluding hydrogens is 404 g/mol. The molecule has 1 fully saturated rings. The highest BCUT2D eigenvalue weighted by atomic mass is 16.5. The van der Waals surface area contributed by atoms with Gasteiger partial charge >= 0.3 is 0 Å². The van der Waals surface area contributed by atoms with Crippen LogP contribution in [0.3, 0.4) is 0 Å². The van der Waals surface area contributed by atoms with Crippen molar-refractivity contribution in [1.82, 2.24) is 19.6 Å². The van der Waals surface area contributed by atoms with Gasteiger partial charge in [-0.1, -0.05) is 26.0 Å². The number of carbonyl (C=O) groups is 2. The largest absolute Gasteiger partial charge is 0.497 e. The Morgan fingerprint density at radius 3 is 2.53 bits per heavy atom. The van der Waals surface area contributed by atoms with Crippen LogP contribution in [-0.2, 0) is 18.3 Å². The molecule has 3 rings (SSSR count). The van der Waals surface area contributed by atoms with Crippen molar-refractivity contribution in [2.45, 2.75) is 45.6 Å². The molecule has 0 saturated carbocycles. The first kappa shape index (κ1) is 23.8. The first-order valence-electron chi connectivity index (χ1n) is 11.5. The summed E-state index contributed by atoms with van der Waals surface area (Å²) in [4.78, 5) is 29.6. The van der Waals surface area contributed by atoms with Gasteiger partial charge in [-0.25, -0.2) is 0 Å². The van der Waals surface area contributed by atoms with E-state index < -0.39 is 0 Å². The van der Waals surface area contributed by atoms with Gasteiger partial charge in [-0.3, -0.25) is 14.3 Å². The second-order valence-corrected chi connectivity index (χ2v) is 9.23. The molecule has 7 nitrogen and oxygen atoms in total. The Morgan fingerprint density at radius 2 is 1.94 bits per heavy atom. The molecule has 1 atom stereocenters. The van der Waals surface area contributed by atoms with Gasteiger partial charge in [0.25, 0.3) is 5.91 Å². The number of benzene rings is 1. The lowest BCUT2D eigenvalue weighted by Crippen LogP contribution is -2.48. The van der Waals surface area contributed by atoms with Crippen molar-refractivity contribution in [3.63, 3.8) is 0 Å². The third kappa shape index (κ3) is 5.90.